The van der Waals surface area contributed by atoms with E-state index in [1.807, 2.05) is 36.4 Å². The molecule has 31 heavy (non-hydrogen) atoms. The van der Waals surface area contributed by atoms with Gasteiger partial charge in [-0.05, 0) is 55.2 Å². The van der Waals surface area contributed by atoms with E-state index in [-0.39, 0.29) is 12.6 Å². The minimum atomic E-state index is -0.245. The molecule has 2 aromatic rings. The molecule has 2 aromatic carbocycles. The van der Waals surface area contributed by atoms with Crippen LogP contribution in [0.3, 0.4) is 0 Å². The number of aliphatic hydroxyl groups excluding tert-OH is 1. The van der Waals surface area contributed by atoms with E-state index in [1.54, 1.807) is 6.92 Å². The Hall–Kier alpha value is -2.33. The molecule has 0 saturated carbocycles. The van der Waals surface area contributed by atoms with E-state index in [9.17, 15) is 4.79 Å². The highest BCUT2D eigenvalue weighted by Crippen LogP contribution is 2.23. The van der Waals surface area contributed by atoms with Crippen LogP contribution in [-0.2, 0) is 4.74 Å². The molecule has 1 N–H and O–H groups in total. The number of hydrogen-bond acceptors (Lipinski definition) is 4. The Balaban J connectivity index is 0.00000151. The normalized spacial score (nSPS) is 10.2. The molecule has 0 saturated heterocycles. The maximum atomic E-state index is 12.0. The summed E-state index contributed by atoms with van der Waals surface area (Å²) in [7, 11) is 0. The highest BCUT2D eigenvalue weighted by atomic mass is 16.5. The fourth-order valence-corrected chi connectivity index (χ4v) is 3.04. The minimum Gasteiger partial charge on any atom is -0.494 e. The van der Waals surface area contributed by atoms with E-state index in [0.717, 1.165) is 49.2 Å². The van der Waals surface area contributed by atoms with Crippen molar-refractivity contribution in [2.45, 2.75) is 72.1 Å². The van der Waals surface area contributed by atoms with Crippen molar-refractivity contribution in [2.75, 3.05) is 19.8 Å². The summed E-state index contributed by atoms with van der Waals surface area (Å²) in [5.74, 6) is 0.664. The van der Waals surface area contributed by atoms with Crippen molar-refractivity contribution in [2.24, 2.45) is 0 Å². The van der Waals surface area contributed by atoms with Gasteiger partial charge in [0.05, 0.1) is 18.8 Å². The van der Waals surface area contributed by atoms with Crippen molar-refractivity contribution in [1.29, 1.82) is 0 Å². The van der Waals surface area contributed by atoms with Gasteiger partial charge in [0.15, 0.2) is 0 Å². The number of hydrogen-bond donors (Lipinski definition) is 1. The predicted octanol–water partition coefficient (Wildman–Crippen LogP) is 7.05. The Morgan fingerprint density at radius 1 is 0.710 bits per heavy atom. The number of unbranched alkanes of at least 4 members (excludes halogenated alkanes) is 6. The van der Waals surface area contributed by atoms with Crippen molar-refractivity contribution in [3.63, 3.8) is 0 Å². The third-order valence-electron chi connectivity index (χ3n) is 4.81. The molecule has 0 spiro atoms. The van der Waals surface area contributed by atoms with Crippen LogP contribution in [0.2, 0.25) is 0 Å². The molecule has 172 valence electrons. The van der Waals surface area contributed by atoms with Gasteiger partial charge in [-0.1, -0.05) is 76.6 Å². The summed E-state index contributed by atoms with van der Waals surface area (Å²) in [5, 5.41) is 7.57. The second-order valence-electron chi connectivity index (χ2n) is 7.52. The lowest BCUT2D eigenvalue weighted by Crippen LogP contribution is -2.06. The zero-order chi connectivity index (χ0) is 22.7. The topological polar surface area (TPSA) is 55.8 Å². The average Bonchev–Trinajstić information content (AvgIpc) is 2.80. The molecule has 0 aliphatic rings. The first-order valence-corrected chi connectivity index (χ1v) is 11.8. The van der Waals surface area contributed by atoms with Gasteiger partial charge in [0.25, 0.3) is 0 Å². The molecule has 0 unspecified atom stereocenters. The summed E-state index contributed by atoms with van der Waals surface area (Å²) in [6.45, 7) is 7.56. The third-order valence-corrected chi connectivity index (χ3v) is 4.81. The largest absolute Gasteiger partial charge is 0.494 e. The highest BCUT2D eigenvalue weighted by molar-refractivity contribution is 5.90. The lowest BCUT2D eigenvalue weighted by molar-refractivity contribution is 0.0498. The Kier molecular flexibility index (Phi) is 15.0. The molecule has 0 aliphatic heterocycles. The van der Waals surface area contributed by atoms with Crippen molar-refractivity contribution in [3.8, 4) is 16.9 Å². The van der Waals surface area contributed by atoms with Gasteiger partial charge >= 0.3 is 5.97 Å². The van der Waals surface area contributed by atoms with Crippen LogP contribution in [0.4, 0.5) is 0 Å². The van der Waals surface area contributed by atoms with E-state index in [4.69, 9.17) is 14.6 Å². The Morgan fingerprint density at radius 3 is 1.77 bits per heavy atom. The lowest BCUT2D eigenvalue weighted by atomic mass is 10.0. The number of benzene rings is 2. The highest BCUT2D eigenvalue weighted by Gasteiger charge is 2.07. The van der Waals surface area contributed by atoms with Gasteiger partial charge < -0.3 is 14.6 Å². The Labute approximate surface area is 188 Å². The zero-order valence-corrected chi connectivity index (χ0v) is 19.6. The number of carbonyl (C=O) groups is 1. The van der Waals surface area contributed by atoms with Crippen LogP contribution in [0.15, 0.2) is 48.5 Å². The molecule has 0 fully saturated rings. The van der Waals surface area contributed by atoms with Crippen LogP contribution < -0.4 is 4.74 Å². The maximum Gasteiger partial charge on any atom is 0.338 e. The van der Waals surface area contributed by atoms with E-state index >= 15 is 0 Å². The molecule has 0 heterocycles. The second kappa shape index (κ2) is 17.4. The quantitative estimate of drug-likeness (QED) is 0.274. The summed E-state index contributed by atoms with van der Waals surface area (Å²) in [6.07, 6.45) is 9.35. The number of rotatable bonds is 13. The van der Waals surface area contributed by atoms with E-state index < -0.39 is 0 Å². The van der Waals surface area contributed by atoms with Crippen molar-refractivity contribution < 1.29 is 19.4 Å². The van der Waals surface area contributed by atoms with Crippen LogP contribution in [0.5, 0.6) is 5.75 Å². The van der Waals surface area contributed by atoms with E-state index in [2.05, 4.69) is 26.0 Å². The molecule has 0 aromatic heterocycles. The van der Waals surface area contributed by atoms with E-state index in [0.29, 0.717) is 12.2 Å². The SMILES string of the molecule is CCCCCCCOc1ccc(-c2ccc(C(=O)OCCCCC)cc2)cc1.CCO. The Morgan fingerprint density at radius 2 is 1.19 bits per heavy atom. The van der Waals surface area contributed by atoms with E-state index in [1.165, 1.54) is 25.7 Å². The van der Waals surface area contributed by atoms with Crippen molar-refractivity contribution in [3.05, 3.63) is 54.1 Å². The summed E-state index contributed by atoms with van der Waals surface area (Å²) in [6, 6.07) is 15.7. The first-order chi connectivity index (χ1) is 15.2. The van der Waals surface area contributed by atoms with Crippen molar-refractivity contribution in [1.82, 2.24) is 0 Å². The van der Waals surface area contributed by atoms with Crippen LogP contribution in [0.1, 0.15) is 82.5 Å². The van der Waals surface area contributed by atoms with Gasteiger partial charge in [0.1, 0.15) is 5.75 Å². The minimum absolute atomic E-state index is 0.245. The molecule has 0 amide bonds. The average molecular weight is 429 g/mol. The maximum absolute atomic E-state index is 12.0. The van der Waals surface area contributed by atoms with Gasteiger partial charge in [-0.25, -0.2) is 4.79 Å². The third kappa shape index (κ3) is 11.6. The standard InChI is InChI=1S/C25H34O3.C2H6O/c1-3-5-7-8-10-19-27-24-17-15-22(16-18-24)21-11-13-23(14-12-21)25(26)28-20-9-6-4-2;1-2-3/h11-18H,3-10,19-20H2,1-2H3;3H,2H2,1H3. The zero-order valence-electron chi connectivity index (χ0n) is 19.6. The predicted molar refractivity (Wildman–Crippen MR) is 129 cm³/mol. The Bertz CT molecular complexity index is 692. The lowest BCUT2D eigenvalue weighted by Gasteiger charge is -2.08. The number of aliphatic hydroxyl groups is 1. The molecule has 0 bridgehead atoms. The second-order valence-corrected chi connectivity index (χ2v) is 7.52. The number of esters is 1. The first kappa shape index (κ1) is 26.7. The molecule has 0 aliphatic carbocycles. The smallest absolute Gasteiger partial charge is 0.338 e. The van der Waals surface area contributed by atoms with Crippen LogP contribution in [0.25, 0.3) is 11.1 Å². The van der Waals surface area contributed by atoms with Crippen LogP contribution in [-0.4, -0.2) is 30.9 Å². The molecule has 4 heteroatoms. The van der Waals surface area contributed by atoms with Gasteiger partial charge in [0, 0.05) is 6.61 Å². The van der Waals surface area contributed by atoms with Gasteiger partial charge in [-0.3, -0.25) is 0 Å². The molecular weight excluding hydrogens is 388 g/mol. The fraction of sp³-hybridized carbons (Fsp3) is 0.519. The molecule has 0 radical (unpaired) electrons. The van der Waals surface area contributed by atoms with Crippen LogP contribution in [0, 0.1) is 0 Å². The fourth-order valence-electron chi connectivity index (χ4n) is 3.04. The summed E-state index contributed by atoms with van der Waals surface area (Å²) in [4.78, 5) is 12.0. The van der Waals surface area contributed by atoms with Gasteiger partial charge in [-0.2, -0.15) is 0 Å². The molecular formula is C27H40O4. The van der Waals surface area contributed by atoms with Crippen molar-refractivity contribution >= 4 is 5.97 Å². The number of carbonyl (C=O) groups excluding carboxylic acids is 1. The summed E-state index contributed by atoms with van der Waals surface area (Å²) < 4.78 is 11.1. The summed E-state index contributed by atoms with van der Waals surface area (Å²) in [5.41, 5.74) is 2.79. The number of ether oxygens (including phenoxy) is 2. The van der Waals surface area contributed by atoms with Gasteiger partial charge in [0.2, 0.25) is 0 Å². The monoisotopic (exact) mass is 428 g/mol. The first-order valence-electron chi connectivity index (χ1n) is 11.8. The van der Waals surface area contributed by atoms with Gasteiger partial charge in [-0.15, -0.1) is 0 Å². The van der Waals surface area contributed by atoms with Crippen LogP contribution >= 0.6 is 0 Å². The summed E-state index contributed by atoms with van der Waals surface area (Å²) >= 11 is 0. The molecule has 0 atom stereocenters. The molecule has 4 nitrogen and oxygen atoms in total. The molecule has 2 rings (SSSR count).